The van der Waals surface area contributed by atoms with Crippen LogP contribution in [0.4, 0.5) is 0 Å². The second kappa shape index (κ2) is 4.91. The maximum absolute atomic E-state index is 5.42. The van der Waals surface area contributed by atoms with Crippen molar-refractivity contribution in [1.29, 1.82) is 0 Å². The largest absolute Gasteiger partial charge is 0.380 e. The quantitative estimate of drug-likeness (QED) is 0.573. The molecule has 0 radical (unpaired) electrons. The zero-order valence-electron chi connectivity index (χ0n) is 8.07. The van der Waals surface area contributed by atoms with Gasteiger partial charge in [0, 0.05) is 32.8 Å². The number of rotatable bonds is 1. The summed E-state index contributed by atoms with van der Waals surface area (Å²) in [5.74, 6) is 0. The Hall–Kier alpha value is -0.160. The lowest BCUT2D eigenvalue weighted by Gasteiger charge is -2.36. The molecular weight excluding hydrogens is 168 g/mol. The summed E-state index contributed by atoms with van der Waals surface area (Å²) in [6.07, 6.45) is 1.15. The van der Waals surface area contributed by atoms with Crippen LogP contribution < -0.4 is 0 Å². The van der Waals surface area contributed by atoms with Gasteiger partial charge in [-0.3, -0.25) is 0 Å². The third-order valence-electron chi connectivity index (χ3n) is 2.59. The van der Waals surface area contributed by atoms with Crippen LogP contribution in [0.25, 0.3) is 0 Å². The lowest BCUT2D eigenvalue weighted by molar-refractivity contribution is -0.0894. The first kappa shape index (κ1) is 9.40. The Kier molecular flexibility index (Phi) is 3.55. The number of ether oxygens (including phenoxy) is 2. The zero-order valence-corrected chi connectivity index (χ0v) is 8.07. The molecule has 4 heteroatoms. The summed E-state index contributed by atoms with van der Waals surface area (Å²) in [5, 5.41) is 4.81. The molecule has 0 saturated carbocycles. The van der Waals surface area contributed by atoms with Crippen molar-refractivity contribution in [2.75, 3.05) is 52.6 Å². The topological polar surface area (TPSA) is 24.9 Å². The first-order valence-electron chi connectivity index (χ1n) is 5.12. The Morgan fingerprint density at radius 2 is 1.15 bits per heavy atom. The fraction of sp³-hybridized carbons (Fsp3) is 1.00. The molecule has 2 aliphatic rings. The molecule has 0 aromatic carbocycles. The normalized spacial score (nSPS) is 28.6. The van der Waals surface area contributed by atoms with E-state index in [1.54, 1.807) is 0 Å². The van der Waals surface area contributed by atoms with Gasteiger partial charge >= 0.3 is 0 Å². The smallest absolute Gasteiger partial charge is 0.0608 e. The number of hydrogen-bond donors (Lipinski definition) is 0. The first-order valence-corrected chi connectivity index (χ1v) is 5.12. The third kappa shape index (κ3) is 2.64. The summed E-state index contributed by atoms with van der Waals surface area (Å²) in [4.78, 5) is 0. The molecule has 0 aromatic heterocycles. The fourth-order valence-electron chi connectivity index (χ4n) is 1.85. The van der Waals surface area contributed by atoms with E-state index in [0.29, 0.717) is 0 Å². The van der Waals surface area contributed by atoms with Crippen molar-refractivity contribution in [2.45, 2.75) is 6.42 Å². The van der Waals surface area contributed by atoms with Crippen molar-refractivity contribution in [3.05, 3.63) is 0 Å². The van der Waals surface area contributed by atoms with Crippen molar-refractivity contribution in [1.82, 2.24) is 10.0 Å². The number of hydrazine groups is 1. The van der Waals surface area contributed by atoms with Crippen molar-refractivity contribution in [3.8, 4) is 0 Å². The summed E-state index contributed by atoms with van der Waals surface area (Å²) in [7, 11) is 0. The molecule has 2 saturated heterocycles. The van der Waals surface area contributed by atoms with E-state index in [-0.39, 0.29) is 0 Å². The molecule has 0 N–H and O–H groups in total. The molecule has 2 heterocycles. The Morgan fingerprint density at radius 3 is 1.85 bits per heavy atom. The third-order valence-corrected chi connectivity index (χ3v) is 2.59. The van der Waals surface area contributed by atoms with Crippen molar-refractivity contribution in [2.24, 2.45) is 0 Å². The highest BCUT2D eigenvalue weighted by Gasteiger charge is 2.19. The summed E-state index contributed by atoms with van der Waals surface area (Å²) in [6.45, 7) is 7.80. The van der Waals surface area contributed by atoms with Crippen LogP contribution in [0.15, 0.2) is 0 Å². The van der Waals surface area contributed by atoms with E-state index in [2.05, 4.69) is 10.0 Å². The minimum absolute atomic E-state index is 0.872. The molecule has 4 nitrogen and oxygen atoms in total. The Morgan fingerprint density at radius 1 is 0.615 bits per heavy atom. The van der Waals surface area contributed by atoms with Gasteiger partial charge < -0.3 is 9.47 Å². The number of nitrogens with zero attached hydrogens (tertiary/aromatic N) is 2. The van der Waals surface area contributed by atoms with E-state index in [4.69, 9.17) is 9.47 Å². The van der Waals surface area contributed by atoms with Gasteiger partial charge in [-0.05, 0) is 6.42 Å². The molecule has 0 aliphatic carbocycles. The Bertz CT molecular complexity index is 141. The van der Waals surface area contributed by atoms with Gasteiger partial charge in [0.05, 0.1) is 19.8 Å². The zero-order chi connectivity index (χ0) is 8.93. The predicted octanol–water partition coefficient (Wildman–Crippen LogP) is -0.0441. The maximum Gasteiger partial charge on any atom is 0.0608 e. The van der Waals surface area contributed by atoms with E-state index in [1.807, 2.05) is 0 Å². The second-order valence-corrected chi connectivity index (χ2v) is 3.49. The Balaban J connectivity index is 1.82. The second-order valence-electron chi connectivity index (χ2n) is 3.49. The first-order chi connectivity index (χ1) is 6.47. The molecule has 0 amide bonds. The number of hydrogen-bond acceptors (Lipinski definition) is 4. The van der Waals surface area contributed by atoms with Crippen molar-refractivity contribution in [3.63, 3.8) is 0 Å². The van der Waals surface area contributed by atoms with Crippen molar-refractivity contribution < 1.29 is 9.47 Å². The van der Waals surface area contributed by atoms with E-state index in [1.165, 1.54) is 0 Å². The molecule has 2 aliphatic heterocycles. The highest BCUT2D eigenvalue weighted by molar-refractivity contribution is 4.64. The molecule has 0 bridgehead atoms. The van der Waals surface area contributed by atoms with Crippen LogP contribution in [0.1, 0.15) is 6.42 Å². The van der Waals surface area contributed by atoms with Crippen LogP contribution in [-0.4, -0.2) is 62.6 Å². The van der Waals surface area contributed by atoms with E-state index in [9.17, 15) is 0 Å². The van der Waals surface area contributed by atoms with Crippen LogP contribution in [0.3, 0.4) is 0 Å². The standard InChI is InChI=1S/C9H18N2O2/c1-2-10(3-7-12-6-1)11-4-8-13-9-5-11/h1-9H2. The van der Waals surface area contributed by atoms with Crippen LogP contribution in [0, 0.1) is 0 Å². The minimum Gasteiger partial charge on any atom is -0.380 e. The minimum atomic E-state index is 0.872. The highest BCUT2D eigenvalue weighted by Crippen LogP contribution is 2.06. The highest BCUT2D eigenvalue weighted by atomic mass is 16.5. The predicted molar refractivity (Wildman–Crippen MR) is 49.4 cm³/mol. The monoisotopic (exact) mass is 186 g/mol. The Labute approximate surface area is 79.4 Å². The lowest BCUT2D eigenvalue weighted by Crippen LogP contribution is -2.49. The maximum atomic E-state index is 5.42. The summed E-state index contributed by atoms with van der Waals surface area (Å²) in [6, 6.07) is 0. The average molecular weight is 186 g/mol. The molecule has 76 valence electrons. The summed E-state index contributed by atoms with van der Waals surface area (Å²) >= 11 is 0. The number of morpholine rings is 1. The van der Waals surface area contributed by atoms with Gasteiger partial charge in [0.15, 0.2) is 0 Å². The van der Waals surface area contributed by atoms with Gasteiger partial charge in [-0.2, -0.15) is 0 Å². The molecule has 13 heavy (non-hydrogen) atoms. The summed E-state index contributed by atoms with van der Waals surface area (Å²) in [5.41, 5.74) is 0. The lowest BCUT2D eigenvalue weighted by atomic mass is 10.4. The molecular formula is C9H18N2O2. The molecule has 0 spiro atoms. The van der Waals surface area contributed by atoms with Gasteiger partial charge in [-0.15, -0.1) is 0 Å². The van der Waals surface area contributed by atoms with Gasteiger partial charge in [0.2, 0.25) is 0 Å². The SMILES string of the molecule is C1COCCN(N2CCOCC2)C1. The molecule has 0 unspecified atom stereocenters. The van der Waals surface area contributed by atoms with E-state index >= 15 is 0 Å². The van der Waals surface area contributed by atoms with E-state index in [0.717, 1.165) is 59.0 Å². The van der Waals surface area contributed by atoms with Crippen LogP contribution in [0.5, 0.6) is 0 Å². The van der Waals surface area contributed by atoms with Crippen molar-refractivity contribution >= 4 is 0 Å². The van der Waals surface area contributed by atoms with Gasteiger partial charge in [-0.25, -0.2) is 10.0 Å². The molecule has 2 fully saturated rings. The van der Waals surface area contributed by atoms with Crippen LogP contribution in [-0.2, 0) is 9.47 Å². The average Bonchev–Trinajstić information content (AvgIpc) is 2.47. The fourth-order valence-corrected chi connectivity index (χ4v) is 1.85. The molecule has 0 atom stereocenters. The van der Waals surface area contributed by atoms with Gasteiger partial charge in [-0.1, -0.05) is 0 Å². The van der Waals surface area contributed by atoms with Gasteiger partial charge in [0.25, 0.3) is 0 Å². The van der Waals surface area contributed by atoms with E-state index < -0.39 is 0 Å². The molecule has 2 rings (SSSR count). The van der Waals surface area contributed by atoms with Crippen LogP contribution in [0.2, 0.25) is 0 Å². The summed E-state index contributed by atoms with van der Waals surface area (Å²) < 4.78 is 10.7. The molecule has 0 aromatic rings. The van der Waals surface area contributed by atoms with Crippen LogP contribution >= 0.6 is 0 Å². The van der Waals surface area contributed by atoms with Gasteiger partial charge in [0.1, 0.15) is 0 Å².